The van der Waals surface area contributed by atoms with Crippen molar-refractivity contribution >= 4 is 17.8 Å². The molecule has 226 valence electrons. The lowest BCUT2D eigenvalue weighted by molar-refractivity contribution is -0.153. The number of hydrogen-bond acceptors (Lipinski definition) is 8. The molecule has 0 aliphatic carbocycles. The van der Waals surface area contributed by atoms with Crippen molar-refractivity contribution in [2.24, 2.45) is 5.92 Å². The van der Waals surface area contributed by atoms with Crippen molar-refractivity contribution in [3.8, 4) is 5.75 Å². The Kier molecular flexibility index (Phi) is 8.60. The van der Waals surface area contributed by atoms with Gasteiger partial charge in [0.2, 0.25) is 18.0 Å². The minimum atomic E-state index is -0.867. The summed E-state index contributed by atoms with van der Waals surface area (Å²) in [5, 5.41) is 5.38. The number of ether oxygens (including phenoxy) is 2. The van der Waals surface area contributed by atoms with Gasteiger partial charge < -0.3 is 29.6 Å². The Balaban J connectivity index is 1.42. The van der Waals surface area contributed by atoms with Gasteiger partial charge in [-0.05, 0) is 38.3 Å². The van der Waals surface area contributed by atoms with Crippen molar-refractivity contribution in [2.75, 3.05) is 26.9 Å². The van der Waals surface area contributed by atoms with Crippen LogP contribution in [-0.2, 0) is 22.6 Å². The average Bonchev–Trinajstić information content (AvgIpc) is 3.54. The fourth-order valence-electron chi connectivity index (χ4n) is 5.99. The Morgan fingerprint density at radius 2 is 1.95 bits per heavy atom. The number of benzene rings is 1. The zero-order chi connectivity index (χ0) is 30.1. The molecule has 0 saturated carbocycles. The van der Waals surface area contributed by atoms with Crippen molar-refractivity contribution in [3.63, 3.8) is 0 Å². The largest absolute Gasteiger partial charge is 0.451 e. The third kappa shape index (κ3) is 5.75. The van der Waals surface area contributed by atoms with E-state index in [2.05, 4.69) is 15.5 Å². The normalized spacial score (nSPS) is 20.2. The van der Waals surface area contributed by atoms with Crippen LogP contribution in [-0.4, -0.2) is 77.3 Å². The van der Waals surface area contributed by atoms with E-state index >= 15 is 0 Å². The van der Waals surface area contributed by atoms with Gasteiger partial charge in [0, 0.05) is 43.5 Å². The highest BCUT2D eigenvalue weighted by molar-refractivity contribution is 5.99. The molecular formula is C29H35F2N5O6. The van der Waals surface area contributed by atoms with E-state index in [4.69, 9.17) is 9.47 Å². The van der Waals surface area contributed by atoms with E-state index in [1.807, 2.05) is 13.8 Å². The molecule has 0 unspecified atom stereocenters. The highest BCUT2D eigenvalue weighted by Crippen LogP contribution is 2.35. The monoisotopic (exact) mass is 587 g/mol. The van der Waals surface area contributed by atoms with Crippen LogP contribution in [0.25, 0.3) is 0 Å². The molecule has 1 aromatic carbocycles. The molecule has 11 nitrogen and oxygen atoms in total. The number of fused-ring (bicyclic) bond motifs is 4. The van der Waals surface area contributed by atoms with E-state index in [0.717, 1.165) is 25.5 Å². The van der Waals surface area contributed by atoms with Crippen molar-refractivity contribution in [3.05, 3.63) is 63.1 Å². The van der Waals surface area contributed by atoms with Crippen molar-refractivity contribution in [1.29, 1.82) is 0 Å². The first-order chi connectivity index (χ1) is 20.1. The Bertz CT molecular complexity index is 1450. The lowest BCUT2D eigenvalue weighted by atomic mass is 10.0. The number of pyridine rings is 1. The third-order valence-corrected chi connectivity index (χ3v) is 8.08. The maximum atomic E-state index is 14.1. The fourth-order valence-corrected chi connectivity index (χ4v) is 5.99. The van der Waals surface area contributed by atoms with Gasteiger partial charge in [0.25, 0.3) is 11.8 Å². The van der Waals surface area contributed by atoms with Crippen molar-refractivity contribution < 1.29 is 32.6 Å². The molecule has 2 fully saturated rings. The number of aromatic nitrogens is 1. The minimum Gasteiger partial charge on any atom is -0.451 e. The summed E-state index contributed by atoms with van der Waals surface area (Å²) in [7, 11) is 1.63. The number of esters is 1. The summed E-state index contributed by atoms with van der Waals surface area (Å²) < 4.78 is 39.9. The molecule has 2 N–H and O–H groups in total. The second kappa shape index (κ2) is 12.2. The van der Waals surface area contributed by atoms with Crippen molar-refractivity contribution in [2.45, 2.75) is 64.4 Å². The van der Waals surface area contributed by atoms with Gasteiger partial charge in [-0.2, -0.15) is 0 Å². The van der Waals surface area contributed by atoms with Crippen LogP contribution in [0.1, 0.15) is 59.5 Å². The van der Waals surface area contributed by atoms with Crippen LogP contribution in [0.2, 0.25) is 0 Å². The predicted molar refractivity (Wildman–Crippen MR) is 147 cm³/mol. The SMILES string of the molecule is CN[C@@H](CC(C)C)C(=O)OCOc1c2n(cc(C(=O)NCc3ccc(F)cc3F)c1=O)C[C@@H]1N(C[C@H]3CCCN31)C2=O. The maximum Gasteiger partial charge on any atom is 0.326 e. The molecule has 3 aliphatic heterocycles. The third-order valence-electron chi connectivity index (χ3n) is 8.08. The molecule has 5 rings (SSSR count). The molecule has 4 heterocycles. The summed E-state index contributed by atoms with van der Waals surface area (Å²) in [6.07, 6.45) is 3.58. The lowest BCUT2D eigenvalue weighted by Gasteiger charge is -2.36. The topological polar surface area (TPSA) is 122 Å². The Labute approximate surface area is 241 Å². The first kappa shape index (κ1) is 29.6. The van der Waals surface area contributed by atoms with E-state index in [1.165, 1.54) is 16.8 Å². The minimum absolute atomic E-state index is 0.0260. The second-order valence-electron chi connectivity index (χ2n) is 11.3. The van der Waals surface area contributed by atoms with E-state index in [1.54, 1.807) is 11.9 Å². The van der Waals surface area contributed by atoms with Gasteiger partial charge in [-0.3, -0.25) is 24.1 Å². The van der Waals surface area contributed by atoms with Crippen LogP contribution >= 0.6 is 0 Å². The van der Waals surface area contributed by atoms with E-state index in [0.29, 0.717) is 25.6 Å². The average molecular weight is 588 g/mol. The highest BCUT2D eigenvalue weighted by atomic mass is 19.1. The summed E-state index contributed by atoms with van der Waals surface area (Å²) in [6.45, 7) is 4.65. The van der Waals surface area contributed by atoms with Crippen LogP contribution in [0.15, 0.2) is 29.2 Å². The molecule has 42 heavy (non-hydrogen) atoms. The number of nitrogens with zero attached hydrogens (tertiary/aromatic N) is 3. The Morgan fingerprint density at radius 3 is 2.67 bits per heavy atom. The smallest absolute Gasteiger partial charge is 0.326 e. The molecule has 2 aromatic rings. The van der Waals surface area contributed by atoms with E-state index in [-0.39, 0.29) is 41.5 Å². The van der Waals surface area contributed by atoms with Crippen LogP contribution in [0.3, 0.4) is 0 Å². The predicted octanol–water partition coefficient (Wildman–Crippen LogP) is 1.83. The summed E-state index contributed by atoms with van der Waals surface area (Å²) in [5.74, 6) is -3.60. The highest BCUT2D eigenvalue weighted by Gasteiger charge is 2.48. The fraction of sp³-hybridized carbons (Fsp3) is 0.517. The molecule has 3 atom stereocenters. The first-order valence-corrected chi connectivity index (χ1v) is 14.1. The zero-order valence-corrected chi connectivity index (χ0v) is 23.8. The Morgan fingerprint density at radius 1 is 1.17 bits per heavy atom. The van der Waals surface area contributed by atoms with Crippen LogP contribution in [0.4, 0.5) is 8.78 Å². The van der Waals surface area contributed by atoms with Crippen LogP contribution in [0.5, 0.6) is 5.75 Å². The number of amides is 2. The molecular weight excluding hydrogens is 552 g/mol. The zero-order valence-electron chi connectivity index (χ0n) is 23.8. The number of nitrogens with one attached hydrogen (secondary N) is 2. The number of hydrogen-bond donors (Lipinski definition) is 2. The quantitative estimate of drug-likeness (QED) is 0.319. The standard InChI is InChI=1S/C29H35F2N5O6/c1-16(2)9-22(32-3)29(40)42-15-41-26-24-28(39)36-12-19-5-4-8-35(19)23(36)14-34(24)13-20(25(26)37)27(38)33-11-17-6-7-18(30)10-21(17)31/h6-7,10,13,16,19,22-23,32H,4-5,8-9,11-12,14-15H2,1-3H3,(H,33,38)/t19-,22+,23+/m1/s1. The second-order valence-corrected chi connectivity index (χ2v) is 11.3. The summed E-state index contributed by atoms with van der Waals surface area (Å²) in [4.78, 5) is 57.0. The molecule has 0 bridgehead atoms. The van der Waals surface area contributed by atoms with Gasteiger partial charge in [-0.25, -0.2) is 8.78 Å². The lowest BCUT2D eigenvalue weighted by Crippen LogP contribution is -2.51. The van der Waals surface area contributed by atoms with Crippen LogP contribution in [0, 0.1) is 17.6 Å². The van der Waals surface area contributed by atoms with Crippen molar-refractivity contribution in [1.82, 2.24) is 25.0 Å². The summed E-state index contributed by atoms with van der Waals surface area (Å²) in [5.41, 5.74) is -1.19. The van der Waals surface area contributed by atoms with E-state index < -0.39 is 53.4 Å². The first-order valence-electron chi connectivity index (χ1n) is 14.1. The number of rotatable bonds is 10. The van der Waals surface area contributed by atoms with Gasteiger partial charge in [-0.1, -0.05) is 19.9 Å². The number of likely N-dealkylation sites (N-methyl/N-ethyl adjacent to an activating group) is 1. The molecule has 13 heteroatoms. The number of halogens is 2. The molecule has 1 aromatic heterocycles. The number of carbonyl (C=O) groups excluding carboxylic acids is 3. The molecule has 0 spiro atoms. The van der Waals surface area contributed by atoms with Gasteiger partial charge >= 0.3 is 5.97 Å². The molecule has 3 aliphatic rings. The van der Waals surface area contributed by atoms with Crippen LogP contribution < -0.4 is 20.8 Å². The summed E-state index contributed by atoms with van der Waals surface area (Å²) in [6, 6.07) is 2.60. The Hall–Kier alpha value is -3.84. The maximum absolute atomic E-state index is 14.1. The molecule has 0 radical (unpaired) electrons. The van der Waals surface area contributed by atoms with Gasteiger partial charge in [0.1, 0.15) is 29.4 Å². The number of carbonyl (C=O) groups is 3. The molecule has 2 amide bonds. The molecule has 2 saturated heterocycles. The van der Waals surface area contributed by atoms with Gasteiger partial charge in [-0.15, -0.1) is 0 Å². The van der Waals surface area contributed by atoms with E-state index in [9.17, 15) is 28.0 Å². The van der Waals surface area contributed by atoms with Gasteiger partial charge in [0.15, 0.2) is 5.69 Å². The summed E-state index contributed by atoms with van der Waals surface area (Å²) >= 11 is 0. The van der Waals surface area contributed by atoms with Gasteiger partial charge in [0.05, 0.1) is 6.54 Å².